The minimum absolute atomic E-state index is 0.201. The highest BCUT2D eigenvalue weighted by Crippen LogP contribution is 2.23. The van der Waals surface area contributed by atoms with Crippen molar-refractivity contribution < 1.29 is 9.53 Å². The fourth-order valence-corrected chi connectivity index (χ4v) is 2.64. The molecule has 1 N–H and O–H groups in total. The highest BCUT2D eigenvalue weighted by Gasteiger charge is 2.20. The summed E-state index contributed by atoms with van der Waals surface area (Å²) < 4.78 is 5.30. The Labute approximate surface area is 131 Å². The summed E-state index contributed by atoms with van der Waals surface area (Å²) in [5, 5.41) is 4.37. The normalized spacial score (nSPS) is 15.0. The first-order valence-electron chi connectivity index (χ1n) is 7.37. The van der Waals surface area contributed by atoms with Crippen LogP contribution in [0.25, 0.3) is 0 Å². The Hall–Kier alpha value is -1.07. The lowest BCUT2D eigenvalue weighted by molar-refractivity contribution is -0.151. The number of hydrogen-bond acceptors (Lipinski definition) is 5. The van der Waals surface area contributed by atoms with Crippen LogP contribution in [0, 0.1) is 6.92 Å². The SMILES string of the molecule is Cc1cc(CNC2CC2)cnc1SCC(=O)OC(C)(C)C. The average Bonchev–Trinajstić information content (AvgIpc) is 3.17. The number of hydrogen-bond donors (Lipinski definition) is 1. The second kappa shape index (κ2) is 6.79. The third-order valence-corrected chi connectivity index (χ3v) is 4.09. The van der Waals surface area contributed by atoms with Crippen molar-refractivity contribution in [3.63, 3.8) is 0 Å². The fourth-order valence-electron chi connectivity index (χ4n) is 1.92. The van der Waals surface area contributed by atoms with Crippen molar-refractivity contribution in [1.29, 1.82) is 0 Å². The Bertz CT molecular complexity index is 507. The smallest absolute Gasteiger partial charge is 0.316 e. The number of ether oxygens (including phenoxy) is 1. The molecule has 0 amide bonds. The highest BCUT2D eigenvalue weighted by molar-refractivity contribution is 7.99. The molecule has 0 radical (unpaired) electrons. The van der Waals surface area contributed by atoms with Crippen LogP contribution in [0.5, 0.6) is 0 Å². The number of thioether (sulfide) groups is 1. The number of nitrogens with one attached hydrogen (secondary N) is 1. The molecule has 116 valence electrons. The molecule has 1 aliphatic carbocycles. The van der Waals surface area contributed by atoms with Gasteiger partial charge in [0, 0.05) is 18.8 Å². The zero-order valence-electron chi connectivity index (χ0n) is 13.2. The summed E-state index contributed by atoms with van der Waals surface area (Å²) in [4.78, 5) is 16.2. The van der Waals surface area contributed by atoms with E-state index >= 15 is 0 Å². The molecule has 1 aliphatic rings. The van der Waals surface area contributed by atoms with Crippen LogP contribution >= 0.6 is 11.8 Å². The van der Waals surface area contributed by atoms with E-state index in [-0.39, 0.29) is 5.97 Å². The van der Waals surface area contributed by atoms with Gasteiger partial charge in [-0.05, 0) is 51.7 Å². The Morgan fingerprint density at radius 2 is 2.19 bits per heavy atom. The Kier molecular flexibility index (Phi) is 5.27. The van der Waals surface area contributed by atoms with E-state index in [1.165, 1.54) is 30.2 Å². The van der Waals surface area contributed by atoms with Crippen LogP contribution < -0.4 is 5.32 Å². The molecule has 0 spiro atoms. The number of pyridine rings is 1. The molecule has 0 saturated heterocycles. The summed E-state index contributed by atoms with van der Waals surface area (Å²) in [6.07, 6.45) is 4.46. The first-order chi connectivity index (χ1) is 9.83. The number of nitrogens with zero attached hydrogens (tertiary/aromatic N) is 1. The predicted molar refractivity (Wildman–Crippen MR) is 85.4 cm³/mol. The van der Waals surface area contributed by atoms with Gasteiger partial charge in [-0.1, -0.05) is 17.8 Å². The maximum Gasteiger partial charge on any atom is 0.316 e. The maximum absolute atomic E-state index is 11.7. The summed E-state index contributed by atoms with van der Waals surface area (Å²) in [5.41, 5.74) is 1.87. The second-order valence-corrected chi connectivity index (χ2v) is 7.46. The maximum atomic E-state index is 11.7. The van der Waals surface area contributed by atoms with Crippen molar-refractivity contribution >= 4 is 17.7 Å². The zero-order valence-corrected chi connectivity index (χ0v) is 14.0. The molecule has 1 fully saturated rings. The molecular formula is C16H24N2O2S. The topological polar surface area (TPSA) is 51.2 Å². The van der Waals surface area contributed by atoms with Gasteiger partial charge in [0.2, 0.25) is 0 Å². The number of rotatable bonds is 6. The van der Waals surface area contributed by atoms with E-state index in [1.807, 2.05) is 33.9 Å². The lowest BCUT2D eigenvalue weighted by Crippen LogP contribution is -2.25. The Morgan fingerprint density at radius 3 is 2.76 bits per heavy atom. The quantitative estimate of drug-likeness (QED) is 0.646. The van der Waals surface area contributed by atoms with Crippen LogP contribution in [0.1, 0.15) is 44.7 Å². The van der Waals surface area contributed by atoms with Gasteiger partial charge in [-0.2, -0.15) is 0 Å². The van der Waals surface area contributed by atoms with E-state index in [1.54, 1.807) is 0 Å². The number of aromatic nitrogens is 1. The monoisotopic (exact) mass is 308 g/mol. The van der Waals surface area contributed by atoms with Crippen LogP contribution in [-0.2, 0) is 16.1 Å². The Morgan fingerprint density at radius 1 is 1.48 bits per heavy atom. The molecule has 2 rings (SSSR count). The molecule has 1 saturated carbocycles. The second-order valence-electron chi connectivity index (χ2n) is 6.50. The van der Waals surface area contributed by atoms with Gasteiger partial charge >= 0.3 is 5.97 Å². The number of aryl methyl sites for hydroxylation is 1. The summed E-state index contributed by atoms with van der Waals surface area (Å²) in [6, 6.07) is 2.84. The van der Waals surface area contributed by atoms with Gasteiger partial charge < -0.3 is 10.1 Å². The fraction of sp³-hybridized carbons (Fsp3) is 0.625. The summed E-state index contributed by atoms with van der Waals surface area (Å²) >= 11 is 1.44. The molecular weight excluding hydrogens is 284 g/mol. The van der Waals surface area contributed by atoms with Gasteiger partial charge in [0.15, 0.2) is 0 Å². The van der Waals surface area contributed by atoms with Crippen LogP contribution in [0.3, 0.4) is 0 Å². The summed E-state index contributed by atoms with van der Waals surface area (Å²) in [5.74, 6) is 0.0956. The molecule has 0 atom stereocenters. The predicted octanol–water partition coefficient (Wildman–Crippen LogP) is 3.08. The standard InChI is InChI=1S/C16H24N2O2S/c1-11-7-12(8-17-13-5-6-13)9-18-15(11)21-10-14(19)20-16(2,3)4/h7,9,13,17H,5-6,8,10H2,1-4H3. The highest BCUT2D eigenvalue weighted by atomic mass is 32.2. The van der Waals surface area contributed by atoms with Gasteiger partial charge in [0.25, 0.3) is 0 Å². The lowest BCUT2D eigenvalue weighted by atomic mass is 10.2. The zero-order chi connectivity index (χ0) is 15.5. The van der Waals surface area contributed by atoms with Crippen molar-refractivity contribution in [1.82, 2.24) is 10.3 Å². The molecule has 1 aromatic rings. The molecule has 0 aliphatic heterocycles. The largest absolute Gasteiger partial charge is 0.459 e. The molecule has 1 heterocycles. The van der Waals surface area contributed by atoms with Gasteiger partial charge in [0.1, 0.15) is 5.60 Å². The van der Waals surface area contributed by atoms with Gasteiger partial charge in [-0.15, -0.1) is 0 Å². The molecule has 0 bridgehead atoms. The van der Waals surface area contributed by atoms with Crippen LogP contribution in [0.4, 0.5) is 0 Å². The third-order valence-electron chi connectivity index (χ3n) is 3.01. The minimum Gasteiger partial charge on any atom is -0.459 e. The van der Waals surface area contributed by atoms with Gasteiger partial charge in [0.05, 0.1) is 10.8 Å². The number of carbonyl (C=O) groups excluding carboxylic acids is 1. The first-order valence-corrected chi connectivity index (χ1v) is 8.35. The Balaban J connectivity index is 1.83. The minimum atomic E-state index is -0.432. The van der Waals surface area contributed by atoms with Crippen molar-refractivity contribution in [3.05, 3.63) is 23.4 Å². The molecule has 1 aromatic heterocycles. The van der Waals surface area contributed by atoms with E-state index in [2.05, 4.69) is 16.4 Å². The van der Waals surface area contributed by atoms with E-state index in [4.69, 9.17) is 4.74 Å². The molecule has 5 heteroatoms. The van der Waals surface area contributed by atoms with Crippen molar-refractivity contribution in [3.8, 4) is 0 Å². The van der Waals surface area contributed by atoms with Crippen LogP contribution in [0.15, 0.2) is 17.3 Å². The van der Waals surface area contributed by atoms with Crippen LogP contribution in [0.2, 0.25) is 0 Å². The summed E-state index contributed by atoms with van der Waals surface area (Å²) in [7, 11) is 0. The van der Waals surface area contributed by atoms with Crippen molar-refractivity contribution in [2.75, 3.05) is 5.75 Å². The molecule has 0 unspecified atom stereocenters. The average molecular weight is 308 g/mol. The van der Waals surface area contributed by atoms with Crippen molar-refractivity contribution in [2.24, 2.45) is 0 Å². The first kappa shape index (κ1) is 16.3. The van der Waals surface area contributed by atoms with E-state index in [0.717, 1.165) is 17.1 Å². The van der Waals surface area contributed by atoms with E-state index < -0.39 is 5.60 Å². The summed E-state index contributed by atoms with van der Waals surface area (Å²) in [6.45, 7) is 8.53. The van der Waals surface area contributed by atoms with Crippen molar-refractivity contribution in [2.45, 2.75) is 63.8 Å². The van der Waals surface area contributed by atoms with Gasteiger partial charge in [-0.25, -0.2) is 4.98 Å². The molecule has 21 heavy (non-hydrogen) atoms. The number of esters is 1. The van der Waals surface area contributed by atoms with E-state index in [9.17, 15) is 4.79 Å². The van der Waals surface area contributed by atoms with Crippen LogP contribution in [-0.4, -0.2) is 28.3 Å². The lowest BCUT2D eigenvalue weighted by Gasteiger charge is -2.19. The van der Waals surface area contributed by atoms with E-state index in [0.29, 0.717) is 11.8 Å². The van der Waals surface area contributed by atoms with Gasteiger partial charge in [-0.3, -0.25) is 4.79 Å². The third kappa shape index (κ3) is 6.06. The number of carbonyl (C=O) groups is 1. The molecule has 4 nitrogen and oxygen atoms in total. The molecule has 0 aromatic carbocycles.